The van der Waals surface area contributed by atoms with Gasteiger partial charge >= 0.3 is 5.76 Å². The van der Waals surface area contributed by atoms with Gasteiger partial charge in [-0.2, -0.15) is 0 Å². The Labute approximate surface area is 170 Å². The topological polar surface area (TPSA) is 58.7 Å². The Morgan fingerprint density at radius 2 is 1.93 bits per heavy atom. The minimum Gasteiger partial charge on any atom is -0.408 e. The molecule has 1 aromatic carbocycles. The summed E-state index contributed by atoms with van der Waals surface area (Å²) in [6.45, 7) is 6.25. The maximum absolute atomic E-state index is 13.0. The number of fused-ring (bicyclic) bond motifs is 1. The number of benzene rings is 1. The molecule has 0 radical (unpaired) electrons. The van der Waals surface area contributed by atoms with E-state index in [0.29, 0.717) is 35.8 Å². The molecule has 0 bridgehead atoms. The number of carbonyl (C=O) groups is 1. The normalized spacial score (nSPS) is 26.7. The third-order valence-electron chi connectivity index (χ3n) is 6.26. The quantitative estimate of drug-likeness (QED) is 0.781. The minimum absolute atomic E-state index is 0.00929. The van der Waals surface area contributed by atoms with Crippen molar-refractivity contribution in [3.8, 4) is 0 Å². The molecule has 2 aliphatic rings. The molecule has 3 atom stereocenters. The van der Waals surface area contributed by atoms with Gasteiger partial charge in [0, 0.05) is 23.7 Å². The Balaban J connectivity index is 1.51. The number of hydrogen-bond acceptors (Lipinski definition) is 4. The lowest BCUT2D eigenvalue weighted by Gasteiger charge is -2.41. The molecular formula is C21H28ClN3O3. The van der Waals surface area contributed by atoms with Crippen LogP contribution in [-0.2, 0) is 4.79 Å². The first-order valence-electron chi connectivity index (χ1n) is 10.3. The predicted octanol–water partition coefficient (Wildman–Crippen LogP) is 3.67. The van der Waals surface area contributed by atoms with Gasteiger partial charge in [-0.25, -0.2) is 4.79 Å². The molecule has 28 heavy (non-hydrogen) atoms. The molecule has 152 valence electrons. The SMILES string of the molecule is C[C@@H]1CCC[C@@H](C)N1C(=O)CN1CCC[C@@H](n2c(=O)oc3ccc(Cl)cc32)C1. The highest BCUT2D eigenvalue weighted by molar-refractivity contribution is 6.31. The molecule has 7 heteroatoms. The lowest BCUT2D eigenvalue weighted by Crippen LogP contribution is -2.52. The van der Waals surface area contributed by atoms with Gasteiger partial charge in [0.2, 0.25) is 5.91 Å². The largest absolute Gasteiger partial charge is 0.420 e. The van der Waals surface area contributed by atoms with Gasteiger partial charge < -0.3 is 9.32 Å². The van der Waals surface area contributed by atoms with E-state index in [1.807, 2.05) is 0 Å². The van der Waals surface area contributed by atoms with Gasteiger partial charge in [0.25, 0.3) is 0 Å². The number of nitrogens with zero attached hydrogens (tertiary/aromatic N) is 3. The van der Waals surface area contributed by atoms with Crippen LogP contribution in [0.25, 0.3) is 11.1 Å². The van der Waals surface area contributed by atoms with Crippen LogP contribution in [-0.4, -0.2) is 52.0 Å². The van der Waals surface area contributed by atoms with Crippen molar-refractivity contribution in [3.63, 3.8) is 0 Å². The monoisotopic (exact) mass is 405 g/mol. The van der Waals surface area contributed by atoms with Crippen LogP contribution < -0.4 is 5.76 Å². The predicted molar refractivity (Wildman–Crippen MR) is 110 cm³/mol. The Hall–Kier alpha value is -1.79. The molecule has 2 aromatic rings. The molecule has 1 aromatic heterocycles. The fourth-order valence-corrected chi connectivity index (χ4v) is 5.09. The molecule has 0 N–H and O–H groups in total. The van der Waals surface area contributed by atoms with E-state index >= 15 is 0 Å². The summed E-state index contributed by atoms with van der Waals surface area (Å²) < 4.78 is 7.11. The zero-order valence-electron chi connectivity index (χ0n) is 16.6. The number of likely N-dealkylation sites (tertiary alicyclic amines) is 2. The third kappa shape index (κ3) is 3.72. The minimum atomic E-state index is -0.353. The molecule has 2 saturated heterocycles. The summed E-state index contributed by atoms with van der Waals surface area (Å²) in [6.07, 6.45) is 5.19. The van der Waals surface area contributed by atoms with Crippen LogP contribution in [0.4, 0.5) is 0 Å². The molecule has 0 aliphatic carbocycles. The zero-order valence-corrected chi connectivity index (χ0v) is 17.3. The van der Waals surface area contributed by atoms with Crippen LogP contribution in [0.2, 0.25) is 5.02 Å². The molecular weight excluding hydrogens is 378 g/mol. The first kappa shape index (κ1) is 19.5. The van der Waals surface area contributed by atoms with Crippen molar-refractivity contribution in [1.29, 1.82) is 0 Å². The number of hydrogen-bond donors (Lipinski definition) is 0. The number of oxazole rings is 1. The van der Waals surface area contributed by atoms with E-state index in [9.17, 15) is 9.59 Å². The molecule has 1 amide bonds. The van der Waals surface area contributed by atoms with E-state index in [2.05, 4.69) is 23.6 Å². The molecule has 2 fully saturated rings. The van der Waals surface area contributed by atoms with Crippen molar-refractivity contribution in [3.05, 3.63) is 33.8 Å². The standard InChI is InChI=1S/C21H28ClN3O3/c1-14-5-3-6-15(2)24(14)20(26)13-23-10-4-7-17(12-23)25-18-11-16(22)8-9-19(18)28-21(25)27/h8-9,11,14-15,17H,3-7,10,12-13H2,1-2H3/t14-,15-,17-/m1/s1. The van der Waals surface area contributed by atoms with Crippen molar-refractivity contribution in [1.82, 2.24) is 14.4 Å². The number of aromatic nitrogens is 1. The van der Waals surface area contributed by atoms with E-state index < -0.39 is 0 Å². The fraction of sp³-hybridized carbons (Fsp3) is 0.619. The van der Waals surface area contributed by atoms with Crippen LogP contribution >= 0.6 is 11.6 Å². The number of rotatable bonds is 3. The van der Waals surface area contributed by atoms with Crippen LogP contribution in [0, 0.1) is 0 Å². The Morgan fingerprint density at radius 3 is 2.68 bits per heavy atom. The summed E-state index contributed by atoms with van der Waals surface area (Å²) in [7, 11) is 0. The van der Waals surface area contributed by atoms with E-state index in [-0.39, 0.29) is 17.7 Å². The van der Waals surface area contributed by atoms with Crippen molar-refractivity contribution in [2.24, 2.45) is 0 Å². The lowest BCUT2D eigenvalue weighted by molar-refractivity contribution is -0.138. The molecule has 3 heterocycles. The summed E-state index contributed by atoms with van der Waals surface area (Å²) in [5.74, 6) is -0.151. The van der Waals surface area contributed by atoms with Crippen LogP contribution in [0.5, 0.6) is 0 Å². The van der Waals surface area contributed by atoms with E-state index in [1.165, 1.54) is 6.42 Å². The lowest BCUT2D eigenvalue weighted by atomic mass is 9.97. The van der Waals surface area contributed by atoms with E-state index in [4.69, 9.17) is 16.0 Å². The van der Waals surface area contributed by atoms with Gasteiger partial charge in [0.1, 0.15) is 0 Å². The smallest absolute Gasteiger partial charge is 0.408 e. The second kappa shape index (κ2) is 7.91. The van der Waals surface area contributed by atoms with Gasteiger partial charge in [-0.15, -0.1) is 0 Å². The first-order valence-corrected chi connectivity index (χ1v) is 10.7. The Bertz CT molecular complexity index is 911. The Morgan fingerprint density at radius 1 is 1.18 bits per heavy atom. The molecule has 0 saturated carbocycles. The number of carbonyl (C=O) groups excluding carboxylic acids is 1. The van der Waals surface area contributed by atoms with E-state index in [0.717, 1.165) is 37.7 Å². The number of piperidine rings is 2. The maximum Gasteiger partial charge on any atom is 0.420 e. The van der Waals surface area contributed by atoms with Crippen LogP contribution in [0.15, 0.2) is 27.4 Å². The third-order valence-corrected chi connectivity index (χ3v) is 6.50. The number of halogens is 1. The molecule has 6 nitrogen and oxygen atoms in total. The average molecular weight is 406 g/mol. The highest BCUT2D eigenvalue weighted by atomic mass is 35.5. The fourth-order valence-electron chi connectivity index (χ4n) is 4.92. The van der Waals surface area contributed by atoms with Gasteiger partial charge in [-0.1, -0.05) is 11.6 Å². The highest BCUT2D eigenvalue weighted by Gasteiger charge is 2.32. The van der Waals surface area contributed by atoms with Crippen molar-refractivity contribution in [2.45, 2.75) is 64.1 Å². The zero-order chi connectivity index (χ0) is 19.8. The van der Waals surface area contributed by atoms with E-state index in [1.54, 1.807) is 22.8 Å². The highest BCUT2D eigenvalue weighted by Crippen LogP contribution is 2.27. The summed E-state index contributed by atoms with van der Waals surface area (Å²) in [5, 5.41) is 0.581. The van der Waals surface area contributed by atoms with Crippen LogP contribution in [0.1, 0.15) is 52.0 Å². The molecule has 2 aliphatic heterocycles. The van der Waals surface area contributed by atoms with Crippen molar-refractivity contribution >= 4 is 28.6 Å². The van der Waals surface area contributed by atoms with Gasteiger partial charge in [-0.3, -0.25) is 14.3 Å². The van der Waals surface area contributed by atoms with Crippen LogP contribution in [0.3, 0.4) is 0 Å². The maximum atomic E-state index is 13.0. The van der Waals surface area contributed by atoms with Gasteiger partial charge in [0.05, 0.1) is 18.1 Å². The second-order valence-electron chi connectivity index (χ2n) is 8.31. The van der Waals surface area contributed by atoms with Gasteiger partial charge in [-0.05, 0) is 70.7 Å². The number of amides is 1. The summed E-state index contributed by atoms with van der Waals surface area (Å²) in [6, 6.07) is 5.84. The molecule has 4 rings (SSSR count). The summed E-state index contributed by atoms with van der Waals surface area (Å²) in [4.78, 5) is 29.7. The summed E-state index contributed by atoms with van der Waals surface area (Å²) in [5.41, 5.74) is 1.28. The van der Waals surface area contributed by atoms with Crippen molar-refractivity contribution in [2.75, 3.05) is 19.6 Å². The summed E-state index contributed by atoms with van der Waals surface area (Å²) >= 11 is 6.13. The molecule has 0 unspecified atom stereocenters. The Kier molecular flexibility index (Phi) is 5.52. The van der Waals surface area contributed by atoms with Crippen molar-refractivity contribution < 1.29 is 9.21 Å². The van der Waals surface area contributed by atoms with Gasteiger partial charge in [0.15, 0.2) is 5.58 Å². The average Bonchev–Trinajstić information content (AvgIpc) is 2.96. The second-order valence-corrected chi connectivity index (χ2v) is 8.75. The first-order chi connectivity index (χ1) is 13.4. The molecule has 0 spiro atoms.